The normalized spacial score (nSPS) is 43.7. The van der Waals surface area contributed by atoms with Gasteiger partial charge in [-0.3, -0.25) is 13.6 Å². The molecule has 3 aliphatic heterocycles. The monoisotopic (exact) mass is 554 g/mol. The Hall–Kier alpha value is -1.59. The fraction of sp³-hybridized carbons (Fsp3) is 0.706. The number of hydrogen-bond acceptors (Lipinski definition) is 13. The standard InChI is InChI=1S/C17H25N5O12P2/c1-30-14-7-2-8(11(14)23)21-6-20-16-10(15(21)18)19-5-22(16)17-13(25)12(24)9(33-17)4-32-36(28,29)34-35(26,27)31-3-7/h5-9,11-14,17-18,23-25H,2-4H2,1H3,(H2,26,27,28,29)/p+1/t7-,8-,9-,11+,12-,13-,14+,17-/m1/s1. The van der Waals surface area contributed by atoms with Gasteiger partial charge in [-0.05, 0) is 6.42 Å². The molecule has 8 bridgehead atoms. The van der Waals surface area contributed by atoms with E-state index in [-0.39, 0.29) is 23.4 Å². The number of ether oxygens (including phenoxy) is 2. The molecule has 1 saturated carbocycles. The number of aromatic nitrogens is 4. The van der Waals surface area contributed by atoms with Crippen molar-refractivity contribution in [2.75, 3.05) is 26.1 Å². The molecule has 19 heteroatoms. The number of aliphatic hydroxyl groups is 3. The van der Waals surface area contributed by atoms with E-state index in [1.807, 2.05) is 0 Å². The minimum absolute atomic E-state index is 0.130. The summed E-state index contributed by atoms with van der Waals surface area (Å²) in [5, 5.41) is 31.8. The number of hydrogen-bond donors (Lipinski definition) is 6. The number of methoxy groups -OCH3 is 1. The summed E-state index contributed by atoms with van der Waals surface area (Å²) < 4.78 is 52.4. The maximum atomic E-state index is 12.4. The van der Waals surface area contributed by atoms with Crippen molar-refractivity contribution in [1.29, 1.82) is 0 Å². The van der Waals surface area contributed by atoms with Gasteiger partial charge >= 0.3 is 15.6 Å². The molecule has 7 N–H and O–H groups in total. The van der Waals surface area contributed by atoms with Crippen LogP contribution < -0.4 is 10.3 Å². The zero-order valence-electron chi connectivity index (χ0n) is 18.7. The molecule has 0 aromatic carbocycles. The van der Waals surface area contributed by atoms with Crippen molar-refractivity contribution in [2.24, 2.45) is 5.92 Å². The van der Waals surface area contributed by atoms with Crippen LogP contribution in [0.25, 0.3) is 11.2 Å². The van der Waals surface area contributed by atoms with Crippen molar-refractivity contribution >= 4 is 32.6 Å². The lowest BCUT2D eigenvalue weighted by Gasteiger charge is -2.22. The van der Waals surface area contributed by atoms with Crippen molar-refractivity contribution < 1.29 is 61.6 Å². The molecule has 2 unspecified atom stereocenters. The molecule has 2 aromatic heterocycles. The van der Waals surface area contributed by atoms with Gasteiger partial charge in [0, 0.05) is 13.0 Å². The highest BCUT2D eigenvalue weighted by atomic mass is 31.3. The van der Waals surface area contributed by atoms with Crippen LogP contribution in [0, 0.1) is 5.92 Å². The first-order valence-electron chi connectivity index (χ1n) is 10.8. The molecule has 36 heavy (non-hydrogen) atoms. The van der Waals surface area contributed by atoms with Crippen LogP contribution in [0.4, 0.5) is 5.82 Å². The summed E-state index contributed by atoms with van der Waals surface area (Å²) in [6, 6.07) is -0.699. The number of aliphatic hydroxyl groups excluding tert-OH is 3. The molecule has 5 heterocycles. The van der Waals surface area contributed by atoms with E-state index in [2.05, 4.69) is 14.3 Å². The Kier molecular flexibility index (Phi) is 6.73. The van der Waals surface area contributed by atoms with E-state index >= 15 is 0 Å². The average molecular weight is 554 g/mol. The smallest absolute Gasteiger partial charge is 0.387 e. The second-order valence-electron chi connectivity index (χ2n) is 8.77. The lowest BCUT2D eigenvalue weighted by atomic mass is 10.1. The Bertz CT molecular complexity index is 1250. The molecule has 200 valence electrons. The van der Waals surface area contributed by atoms with E-state index in [9.17, 15) is 34.2 Å². The van der Waals surface area contributed by atoms with Crippen molar-refractivity contribution in [3.63, 3.8) is 0 Å². The summed E-state index contributed by atoms with van der Waals surface area (Å²) in [4.78, 5) is 28.5. The molecule has 0 spiro atoms. The summed E-state index contributed by atoms with van der Waals surface area (Å²) in [5.41, 5.74) is 6.78. The zero-order valence-corrected chi connectivity index (χ0v) is 20.5. The molecule has 1 aliphatic carbocycles. The number of imidazole rings is 1. The van der Waals surface area contributed by atoms with Crippen LogP contribution in [0.3, 0.4) is 0 Å². The Balaban J connectivity index is 1.58. The first-order chi connectivity index (χ1) is 16.9. The third kappa shape index (κ3) is 4.49. The highest BCUT2D eigenvalue weighted by molar-refractivity contribution is 7.61. The number of nitrogen functional groups attached to an aromatic ring is 1. The van der Waals surface area contributed by atoms with Crippen LogP contribution in [0.2, 0.25) is 0 Å². The number of nitrogens with two attached hydrogens (primary N) is 1. The van der Waals surface area contributed by atoms with Crippen LogP contribution in [0.1, 0.15) is 18.7 Å². The highest BCUT2D eigenvalue weighted by Crippen LogP contribution is 2.61. The summed E-state index contributed by atoms with van der Waals surface area (Å²) in [6.07, 6.45) is -4.84. The van der Waals surface area contributed by atoms with Crippen molar-refractivity contribution in [3.8, 4) is 0 Å². The number of rotatable bonds is 1. The second-order valence-corrected chi connectivity index (χ2v) is 11.8. The number of nitrogens with zero attached hydrogens (tertiary/aromatic N) is 4. The van der Waals surface area contributed by atoms with E-state index < -0.39 is 77.6 Å². The maximum absolute atomic E-state index is 12.4. The van der Waals surface area contributed by atoms with Crippen molar-refractivity contribution in [2.45, 2.75) is 49.2 Å². The van der Waals surface area contributed by atoms with Gasteiger partial charge in [0.15, 0.2) is 11.7 Å². The molecule has 2 aromatic rings. The van der Waals surface area contributed by atoms with Gasteiger partial charge in [-0.25, -0.2) is 18.7 Å². The molecule has 2 fully saturated rings. The molecule has 6 rings (SSSR count). The van der Waals surface area contributed by atoms with Gasteiger partial charge in [-0.1, -0.05) is 4.98 Å². The SMILES string of the molecule is CO[C@H]1[C@H]2COP(=O)(O)OP(=O)(O)OC[C@H]3O[C@H]([C@H](O)[C@@H]3O)n3cnc4c(N)[n+](cnc43)[C@H](C2)[C@@H]1O. The van der Waals surface area contributed by atoms with Crippen LogP contribution in [0.5, 0.6) is 0 Å². The second kappa shape index (κ2) is 9.31. The van der Waals surface area contributed by atoms with Crippen LogP contribution in [0.15, 0.2) is 12.7 Å². The van der Waals surface area contributed by atoms with Gasteiger partial charge in [0.25, 0.3) is 5.82 Å². The minimum atomic E-state index is -5.18. The predicted octanol–water partition coefficient (Wildman–Crippen LogP) is -1.88. The highest BCUT2D eigenvalue weighted by Gasteiger charge is 2.49. The summed E-state index contributed by atoms with van der Waals surface area (Å²) in [6.45, 7) is -1.27. The molecular formula is C17H26N5O12P2+. The third-order valence-electron chi connectivity index (χ3n) is 6.63. The number of phosphoric acid groups is 2. The molecule has 1 saturated heterocycles. The van der Waals surface area contributed by atoms with E-state index in [4.69, 9.17) is 24.3 Å². The van der Waals surface area contributed by atoms with Crippen LogP contribution in [-0.4, -0.2) is 90.5 Å². The Morgan fingerprint density at radius 1 is 1.11 bits per heavy atom. The quantitative estimate of drug-likeness (QED) is 0.167. The zero-order chi connectivity index (χ0) is 26.0. The fourth-order valence-corrected chi connectivity index (χ4v) is 7.04. The van der Waals surface area contributed by atoms with Gasteiger partial charge in [0.05, 0.1) is 19.3 Å². The summed E-state index contributed by atoms with van der Waals surface area (Å²) >= 11 is 0. The molecular weight excluding hydrogens is 528 g/mol. The lowest BCUT2D eigenvalue weighted by Crippen LogP contribution is -2.48. The van der Waals surface area contributed by atoms with E-state index in [0.29, 0.717) is 0 Å². The minimum Gasteiger partial charge on any atom is -0.387 e. The Morgan fingerprint density at radius 2 is 1.81 bits per heavy atom. The lowest BCUT2D eigenvalue weighted by molar-refractivity contribution is -0.717. The van der Waals surface area contributed by atoms with Crippen molar-refractivity contribution in [1.82, 2.24) is 14.5 Å². The molecule has 0 radical (unpaired) electrons. The van der Waals surface area contributed by atoms with Gasteiger partial charge in [-0.15, -0.1) is 0 Å². The molecule has 17 nitrogen and oxygen atoms in total. The Morgan fingerprint density at radius 3 is 2.50 bits per heavy atom. The first kappa shape index (κ1) is 26.0. The summed E-state index contributed by atoms with van der Waals surface area (Å²) in [5.74, 6) is -0.516. The maximum Gasteiger partial charge on any atom is 0.481 e. The first-order valence-corrected chi connectivity index (χ1v) is 13.8. The van der Waals surface area contributed by atoms with Crippen molar-refractivity contribution in [3.05, 3.63) is 12.7 Å². The number of phosphoric ester groups is 2. The van der Waals surface area contributed by atoms with Gasteiger partial charge in [0.1, 0.15) is 36.8 Å². The molecule has 4 aliphatic rings. The average Bonchev–Trinajstić information content (AvgIpc) is 3.45. The molecule has 10 atom stereocenters. The number of anilines is 1. The topological polar surface area (TPSA) is 242 Å². The van der Waals surface area contributed by atoms with Crippen LogP contribution >= 0.6 is 15.6 Å². The fourth-order valence-electron chi connectivity index (χ4n) is 4.90. The van der Waals surface area contributed by atoms with E-state index in [1.165, 1.54) is 28.9 Å². The van der Waals surface area contributed by atoms with E-state index in [1.54, 1.807) is 0 Å². The van der Waals surface area contributed by atoms with Gasteiger partial charge in [-0.2, -0.15) is 4.31 Å². The van der Waals surface area contributed by atoms with Crippen LogP contribution in [-0.2, 0) is 32.0 Å². The van der Waals surface area contributed by atoms with Gasteiger partial charge in [0.2, 0.25) is 12.0 Å². The summed E-state index contributed by atoms with van der Waals surface area (Å²) in [7, 11) is -8.96. The molecule has 0 amide bonds. The van der Waals surface area contributed by atoms with E-state index in [0.717, 1.165) is 0 Å². The largest absolute Gasteiger partial charge is 0.481 e. The van der Waals surface area contributed by atoms with Gasteiger partial charge < -0.3 is 40.3 Å². The Labute approximate surface area is 203 Å². The predicted molar refractivity (Wildman–Crippen MR) is 115 cm³/mol. The third-order valence-corrected chi connectivity index (χ3v) is 9.24. The number of fused-ring (bicyclic) bond motifs is 7.